The van der Waals surface area contributed by atoms with Crippen LogP contribution in [0.5, 0.6) is 5.75 Å². The van der Waals surface area contributed by atoms with Gasteiger partial charge in [-0.1, -0.05) is 24.3 Å². The largest absolute Gasteiger partial charge is 0.494 e. The Kier molecular flexibility index (Phi) is 5.16. The summed E-state index contributed by atoms with van der Waals surface area (Å²) >= 11 is 0. The molecule has 0 saturated heterocycles. The SMILES string of the molecule is CCOc1ccc(NC(=O)[C@H](C)N2CCc3ccccc3C2)cc1. The number of nitrogens with one attached hydrogen (secondary N) is 1. The molecule has 1 atom stereocenters. The van der Waals surface area contributed by atoms with Crippen LogP contribution in [0.25, 0.3) is 0 Å². The number of amides is 1. The van der Waals surface area contributed by atoms with Gasteiger partial charge in [-0.05, 0) is 55.7 Å². The molecule has 0 radical (unpaired) electrons. The molecule has 24 heavy (non-hydrogen) atoms. The topological polar surface area (TPSA) is 41.6 Å². The molecule has 0 unspecified atom stereocenters. The fourth-order valence-corrected chi connectivity index (χ4v) is 3.06. The van der Waals surface area contributed by atoms with E-state index >= 15 is 0 Å². The zero-order chi connectivity index (χ0) is 16.9. The molecule has 4 heteroatoms. The minimum absolute atomic E-state index is 0.0264. The smallest absolute Gasteiger partial charge is 0.241 e. The Hall–Kier alpha value is -2.33. The Bertz CT molecular complexity index is 697. The van der Waals surface area contributed by atoms with Crippen LogP contribution in [-0.2, 0) is 17.8 Å². The van der Waals surface area contributed by atoms with Crippen molar-refractivity contribution in [3.8, 4) is 5.75 Å². The highest BCUT2D eigenvalue weighted by Crippen LogP contribution is 2.21. The normalized spacial score (nSPS) is 15.4. The highest BCUT2D eigenvalue weighted by molar-refractivity contribution is 5.94. The van der Waals surface area contributed by atoms with Crippen LogP contribution in [0.15, 0.2) is 48.5 Å². The van der Waals surface area contributed by atoms with Crippen LogP contribution >= 0.6 is 0 Å². The molecule has 3 rings (SSSR count). The molecule has 2 aromatic carbocycles. The van der Waals surface area contributed by atoms with Crippen LogP contribution in [0, 0.1) is 0 Å². The highest BCUT2D eigenvalue weighted by Gasteiger charge is 2.25. The zero-order valence-corrected chi connectivity index (χ0v) is 14.3. The molecular weight excluding hydrogens is 300 g/mol. The number of hydrogen-bond donors (Lipinski definition) is 1. The Morgan fingerprint density at radius 2 is 1.88 bits per heavy atom. The Morgan fingerprint density at radius 3 is 2.58 bits per heavy atom. The minimum atomic E-state index is -0.162. The number of rotatable bonds is 5. The number of carbonyl (C=O) groups is 1. The summed E-state index contributed by atoms with van der Waals surface area (Å²) in [5.74, 6) is 0.842. The molecule has 4 nitrogen and oxygen atoms in total. The maximum Gasteiger partial charge on any atom is 0.241 e. The molecule has 1 N–H and O–H groups in total. The molecule has 0 saturated carbocycles. The van der Waals surface area contributed by atoms with E-state index in [1.165, 1.54) is 11.1 Å². The van der Waals surface area contributed by atoms with Gasteiger partial charge in [-0.2, -0.15) is 0 Å². The van der Waals surface area contributed by atoms with Gasteiger partial charge < -0.3 is 10.1 Å². The molecule has 1 amide bonds. The van der Waals surface area contributed by atoms with Gasteiger partial charge in [-0.15, -0.1) is 0 Å². The predicted molar refractivity (Wildman–Crippen MR) is 96.3 cm³/mol. The summed E-state index contributed by atoms with van der Waals surface area (Å²) in [5.41, 5.74) is 3.52. The van der Waals surface area contributed by atoms with Gasteiger partial charge in [0.25, 0.3) is 0 Å². The van der Waals surface area contributed by atoms with E-state index in [1.807, 2.05) is 38.1 Å². The summed E-state index contributed by atoms with van der Waals surface area (Å²) in [6, 6.07) is 15.8. The molecule has 2 aromatic rings. The average Bonchev–Trinajstić information content (AvgIpc) is 2.62. The van der Waals surface area contributed by atoms with Crippen molar-refractivity contribution < 1.29 is 9.53 Å². The van der Waals surface area contributed by atoms with Gasteiger partial charge in [0.15, 0.2) is 0 Å². The van der Waals surface area contributed by atoms with Gasteiger partial charge >= 0.3 is 0 Å². The first-order valence-electron chi connectivity index (χ1n) is 8.52. The lowest BCUT2D eigenvalue weighted by Gasteiger charge is -2.32. The summed E-state index contributed by atoms with van der Waals surface area (Å²) in [6.45, 7) is 6.30. The molecule has 0 bridgehead atoms. The third kappa shape index (κ3) is 3.77. The first kappa shape index (κ1) is 16.5. The van der Waals surface area contributed by atoms with Crippen LogP contribution in [0.2, 0.25) is 0 Å². The maximum atomic E-state index is 12.6. The lowest BCUT2D eigenvalue weighted by atomic mass is 9.99. The fraction of sp³-hybridized carbons (Fsp3) is 0.350. The zero-order valence-electron chi connectivity index (χ0n) is 14.3. The quantitative estimate of drug-likeness (QED) is 0.915. The summed E-state index contributed by atoms with van der Waals surface area (Å²) in [6.07, 6.45) is 0.997. The lowest BCUT2D eigenvalue weighted by molar-refractivity contribution is -0.121. The second-order valence-electron chi connectivity index (χ2n) is 6.11. The summed E-state index contributed by atoms with van der Waals surface area (Å²) in [7, 11) is 0. The molecule has 1 aliphatic rings. The first-order valence-corrected chi connectivity index (χ1v) is 8.52. The number of fused-ring (bicyclic) bond motifs is 1. The van der Waals surface area contributed by atoms with Crippen molar-refractivity contribution >= 4 is 11.6 Å². The average molecular weight is 324 g/mol. The minimum Gasteiger partial charge on any atom is -0.494 e. The van der Waals surface area contributed by atoms with E-state index in [1.54, 1.807) is 0 Å². The van der Waals surface area contributed by atoms with Gasteiger partial charge in [0.2, 0.25) is 5.91 Å². The summed E-state index contributed by atoms with van der Waals surface area (Å²) < 4.78 is 5.42. The molecule has 126 valence electrons. The van der Waals surface area contributed by atoms with Gasteiger partial charge in [-0.25, -0.2) is 0 Å². The summed E-state index contributed by atoms with van der Waals surface area (Å²) in [4.78, 5) is 14.8. The van der Waals surface area contributed by atoms with Gasteiger partial charge in [0.1, 0.15) is 5.75 Å². The second-order valence-corrected chi connectivity index (χ2v) is 6.11. The van der Waals surface area contributed by atoms with Crippen molar-refractivity contribution in [1.29, 1.82) is 0 Å². The number of anilines is 1. The van der Waals surface area contributed by atoms with Gasteiger partial charge in [0, 0.05) is 18.8 Å². The molecular formula is C20H24N2O2. The number of benzene rings is 2. The third-order valence-corrected chi connectivity index (χ3v) is 4.52. The molecule has 0 aliphatic carbocycles. The Balaban J connectivity index is 1.61. The van der Waals surface area contributed by atoms with Crippen LogP contribution in [-0.4, -0.2) is 30.0 Å². The Morgan fingerprint density at radius 1 is 1.17 bits per heavy atom. The molecule has 0 fully saturated rings. The number of ether oxygens (including phenoxy) is 1. The third-order valence-electron chi connectivity index (χ3n) is 4.52. The van der Waals surface area contributed by atoms with Crippen molar-refractivity contribution in [3.05, 3.63) is 59.7 Å². The van der Waals surface area contributed by atoms with Crippen molar-refractivity contribution in [3.63, 3.8) is 0 Å². The van der Waals surface area contributed by atoms with Gasteiger partial charge in [-0.3, -0.25) is 9.69 Å². The van der Waals surface area contributed by atoms with E-state index in [0.717, 1.165) is 30.9 Å². The number of hydrogen-bond acceptors (Lipinski definition) is 3. The van der Waals surface area contributed by atoms with Crippen molar-refractivity contribution in [2.24, 2.45) is 0 Å². The van der Waals surface area contributed by atoms with Crippen molar-refractivity contribution in [2.75, 3.05) is 18.5 Å². The molecule has 0 spiro atoms. The van der Waals surface area contributed by atoms with E-state index in [2.05, 4.69) is 34.5 Å². The van der Waals surface area contributed by atoms with Crippen LogP contribution in [0.3, 0.4) is 0 Å². The number of nitrogens with zero attached hydrogens (tertiary/aromatic N) is 1. The van der Waals surface area contributed by atoms with E-state index in [4.69, 9.17) is 4.74 Å². The van der Waals surface area contributed by atoms with Gasteiger partial charge in [0.05, 0.1) is 12.6 Å². The van der Waals surface area contributed by atoms with Crippen LogP contribution in [0.1, 0.15) is 25.0 Å². The van der Waals surface area contributed by atoms with Crippen molar-refractivity contribution in [2.45, 2.75) is 32.9 Å². The number of carbonyl (C=O) groups excluding carboxylic acids is 1. The fourth-order valence-electron chi connectivity index (χ4n) is 3.06. The van der Waals surface area contributed by atoms with Crippen LogP contribution < -0.4 is 10.1 Å². The molecule has 0 aromatic heterocycles. The van der Waals surface area contributed by atoms with Crippen LogP contribution in [0.4, 0.5) is 5.69 Å². The van der Waals surface area contributed by atoms with E-state index in [9.17, 15) is 4.79 Å². The van der Waals surface area contributed by atoms with E-state index < -0.39 is 0 Å². The maximum absolute atomic E-state index is 12.6. The second kappa shape index (κ2) is 7.49. The molecule has 1 heterocycles. The monoisotopic (exact) mass is 324 g/mol. The first-order chi connectivity index (χ1) is 11.7. The predicted octanol–water partition coefficient (Wildman–Crippen LogP) is 3.47. The standard InChI is InChI=1S/C20H24N2O2/c1-3-24-19-10-8-18(9-11-19)21-20(23)15(2)22-13-12-16-6-4-5-7-17(16)14-22/h4-11,15H,3,12-14H2,1-2H3,(H,21,23)/t15-/m0/s1. The van der Waals surface area contributed by atoms with E-state index in [-0.39, 0.29) is 11.9 Å². The Labute approximate surface area is 143 Å². The summed E-state index contributed by atoms with van der Waals surface area (Å²) in [5, 5.41) is 3.00. The lowest BCUT2D eigenvalue weighted by Crippen LogP contribution is -2.44. The van der Waals surface area contributed by atoms with E-state index in [0.29, 0.717) is 6.61 Å². The van der Waals surface area contributed by atoms with Crippen molar-refractivity contribution in [1.82, 2.24) is 4.90 Å². The molecule has 1 aliphatic heterocycles. The highest BCUT2D eigenvalue weighted by atomic mass is 16.5.